The van der Waals surface area contributed by atoms with Gasteiger partial charge in [0.2, 0.25) is 0 Å². The summed E-state index contributed by atoms with van der Waals surface area (Å²) in [5, 5.41) is 0. The van der Waals surface area contributed by atoms with Gasteiger partial charge in [0, 0.05) is 0 Å². The van der Waals surface area contributed by atoms with Crippen molar-refractivity contribution < 1.29 is 0 Å². The lowest BCUT2D eigenvalue weighted by Crippen LogP contribution is -1.82. The molecule has 1 fully saturated rings. The maximum absolute atomic E-state index is 2.47. The monoisotopic (exact) mass is 118 g/mol. The molecule has 0 radical (unpaired) electrons. The third-order valence-electron chi connectivity index (χ3n) is 1.60. The second-order valence-corrected chi connectivity index (χ2v) is 6.77. The van der Waals surface area contributed by atoms with Crippen molar-refractivity contribution in [3.63, 3.8) is 0 Å². The average molecular weight is 118 g/mol. The van der Waals surface area contributed by atoms with Gasteiger partial charge >= 0.3 is 0 Å². The van der Waals surface area contributed by atoms with Crippen LogP contribution in [0.25, 0.3) is 0 Å². The quantitative estimate of drug-likeness (QED) is 0.485. The molecule has 0 amide bonds. The maximum Gasteiger partial charge on any atom is -0.0153 e. The molecule has 1 heterocycles. The van der Waals surface area contributed by atoms with Gasteiger partial charge in [-0.1, -0.05) is 6.92 Å². The lowest BCUT2D eigenvalue weighted by molar-refractivity contribution is 1.10. The highest BCUT2D eigenvalue weighted by atomic mass is 32.3. The largest absolute Gasteiger partial charge is 0.242 e. The molecule has 7 heavy (non-hydrogen) atoms. The van der Waals surface area contributed by atoms with Crippen molar-refractivity contribution in [3.05, 3.63) is 0 Å². The highest BCUT2D eigenvalue weighted by Gasteiger charge is 2.29. The van der Waals surface area contributed by atoms with Gasteiger partial charge in [0.25, 0.3) is 0 Å². The SMILES string of the molecule is CCCS1(C)CC1. The van der Waals surface area contributed by atoms with E-state index in [1.807, 2.05) is 0 Å². The van der Waals surface area contributed by atoms with Gasteiger partial charge in [0.15, 0.2) is 0 Å². The Bertz CT molecular complexity index is 64.6. The molecule has 0 aromatic rings. The van der Waals surface area contributed by atoms with Crippen LogP contribution in [0, 0.1) is 0 Å². The highest BCUT2D eigenvalue weighted by molar-refractivity contribution is 8.38. The molecule has 1 aliphatic rings. The Morgan fingerprint density at radius 2 is 2.00 bits per heavy atom. The first kappa shape index (κ1) is 5.49. The van der Waals surface area contributed by atoms with Crippen LogP contribution in [-0.2, 0) is 0 Å². The Labute approximate surface area is 47.6 Å². The van der Waals surface area contributed by atoms with E-state index in [1.54, 1.807) is 11.5 Å². The Kier molecular flexibility index (Phi) is 1.33. The van der Waals surface area contributed by atoms with E-state index >= 15 is 0 Å². The molecule has 0 saturated carbocycles. The fourth-order valence-electron chi connectivity index (χ4n) is 0.839. The van der Waals surface area contributed by atoms with E-state index in [1.165, 1.54) is 12.2 Å². The van der Waals surface area contributed by atoms with E-state index < -0.39 is 0 Å². The van der Waals surface area contributed by atoms with Crippen LogP contribution in [0.3, 0.4) is 0 Å². The smallest absolute Gasteiger partial charge is 0.0153 e. The zero-order valence-corrected chi connectivity index (χ0v) is 6.05. The molecule has 0 aliphatic carbocycles. The van der Waals surface area contributed by atoms with Crippen molar-refractivity contribution in [1.29, 1.82) is 0 Å². The summed E-state index contributed by atoms with van der Waals surface area (Å²) in [6.07, 6.45) is 3.88. The van der Waals surface area contributed by atoms with Crippen LogP contribution in [0.2, 0.25) is 0 Å². The van der Waals surface area contributed by atoms with Gasteiger partial charge in [0.1, 0.15) is 0 Å². The van der Waals surface area contributed by atoms with Gasteiger partial charge in [-0.15, -0.1) is 0 Å². The lowest BCUT2D eigenvalue weighted by Gasteiger charge is -2.09. The molecule has 1 heteroatoms. The molecule has 0 nitrogen and oxygen atoms in total. The predicted molar refractivity (Wildman–Crippen MR) is 38.4 cm³/mol. The van der Waals surface area contributed by atoms with E-state index in [4.69, 9.17) is 0 Å². The summed E-state index contributed by atoms with van der Waals surface area (Å²) in [7, 11) is 0.0758. The number of hydrogen-bond donors (Lipinski definition) is 0. The molecule has 0 spiro atoms. The van der Waals surface area contributed by atoms with Crippen molar-refractivity contribution in [3.8, 4) is 0 Å². The van der Waals surface area contributed by atoms with Crippen LogP contribution in [0.1, 0.15) is 13.3 Å². The summed E-state index contributed by atoms with van der Waals surface area (Å²) < 4.78 is 0. The van der Waals surface area contributed by atoms with Crippen LogP contribution in [0.15, 0.2) is 0 Å². The summed E-state index contributed by atoms with van der Waals surface area (Å²) in [5.41, 5.74) is 0. The van der Waals surface area contributed by atoms with Crippen molar-refractivity contribution in [2.24, 2.45) is 0 Å². The summed E-state index contributed by atoms with van der Waals surface area (Å²) in [5.74, 6) is 4.68. The molecular formula is C6H14S. The van der Waals surface area contributed by atoms with E-state index in [9.17, 15) is 0 Å². The molecule has 0 N–H and O–H groups in total. The van der Waals surface area contributed by atoms with Gasteiger partial charge in [-0.2, -0.15) is 0 Å². The van der Waals surface area contributed by atoms with Gasteiger partial charge in [0.05, 0.1) is 0 Å². The Morgan fingerprint density at radius 3 is 2.14 bits per heavy atom. The minimum Gasteiger partial charge on any atom is -0.242 e. The summed E-state index contributed by atoms with van der Waals surface area (Å²) >= 11 is 0. The molecule has 0 bridgehead atoms. The van der Waals surface area contributed by atoms with Crippen molar-refractivity contribution in [1.82, 2.24) is 0 Å². The van der Waals surface area contributed by atoms with E-state index in [0.717, 1.165) is 0 Å². The first-order valence-electron chi connectivity index (χ1n) is 2.98. The number of rotatable bonds is 2. The van der Waals surface area contributed by atoms with Crippen LogP contribution in [-0.4, -0.2) is 23.5 Å². The summed E-state index contributed by atoms with van der Waals surface area (Å²) in [6.45, 7) is 2.29. The molecule has 0 aromatic carbocycles. The minimum absolute atomic E-state index is 0.0758. The van der Waals surface area contributed by atoms with Gasteiger partial charge in [-0.05, 0) is 29.9 Å². The molecule has 1 aliphatic heterocycles. The van der Waals surface area contributed by atoms with Crippen LogP contribution in [0.4, 0.5) is 0 Å². The average Bonchev–Trinajstić information content (AvgIpc) is 2.22. The Hall–Kier alpha value is 0.350. The van der Waals surface area contributed by atoms with Gasteiger partial charge in [-0.3, -0.25) is 0 Å². The number of hydrogen-bond acceptors (Lipinski definition) is 0. The Morgan fingerprint density at radius 1 is 1.43 bits per heavy atom. The van der Waals surface area contributed by atoms with Crippen LogP contribution >= 0.6 is 10.0 Å². The first-order valence-corrected chi connectivity index (χ1v) is 5.53. The van der Waals surface area contributed by atoms with Crippen molar-refractivity contribution in [2.75, 3.05) is 23.5 Å². The van der Waals surface area contributed by atoms with E-state index in [0.29, 0.717) is 0 Å². The molecule has 0 atom stereocenters. The van der Waals surface area contributed by atoms with Crippen LogP contribution in [0.5, 0.6) is 0 Å². The third kappa shape index (κ3) is 1.37. The van der Waals surface area contributed by atoms with Gasteiger partial charge < -0.3 is 0 Å². The van der Waals surface area contributed by atoms with Crippen molar-refractivity contribution >= 4 is 10.0 Å². The van der Waals surface area contributed by atoms with Crippen molar-refractivity contribution in [2.45, 2.75) is 13.3 Å². The molecular weight excluding hydrogens is 104 g/mol. The standard InChI is InChI=1S/C6H14S/c1-3-4-7(2)5-6-7/h3-6H2,1-2H3. The third-order valence-corrected chi connectivity index (χ3v) is 4.79. The normalized spacial score (nSPS) is 29.4. The fraction of sp³-hybridized carbons (Fsp3) is 1.00. The second kappa shape index (κ2) is 1.70. The maximum atomic E-state index is 2.47. The summed E-state index contributed by atoms with van der Waals surface area (Å²) in [4.78, 5) is 0. The Balaban J connectivity index is 2.13. The molecule has 0 aromatic heterocycles. The van der Waals surface area contributed by atoms with Gasteiger partial charge in [-0.25, -0.2) is 10.0 Å². The fourth-order valence-corrected chi connectivity index (χ4v) is 3.37. The topological polar surface area (TPSA) is 0 Å². The van der Waals surface area contributed by atoms with E-state index in [-0.39, 0.29) is 10.0 Å². The predicted octanol–water partition coefficient (Wildman–Crippen LogP) is 1.84. The molecule has 1 rings (SSSR count). The second-order valence-electron chi connectivity index (χ2n) is 2.59. The first-order chi connectivity index (χ1) is 3.27. The highest BCUT2D eigenvalue weighted by Crippen LogP contribution is 2.57. The minimum atomic E-state index is 0.0758. The zero-order chi connectivity index (χ0) is 5.33. The van der Waals surface area contributed by atoms with Crippen LogP contribution < -0.4 is 0 Å². The molecule has 0 unspecified atom stereocenters. The zero-order valence-electron chi connectivity index (χ0n) is 5.24. The molecule has 44 valence electrons. The lowest BCUT2D eigenvalue weighted by atomic mass is 10.6. The molecule has 1 saturated heterocycles. The van der Waals surface area contributed by atoms with E-state index in [2.05, 4.69) is 13.2 Å². The summed E-state index contributed by atoms with van der Waals surface area (Å²) in [6, 6.07) is 0.